The van der Waals surface area contributed by atoms with Crippen LogP contribution in [0.3, 0.4) is 0 Å². The summed E-state index contributed by atoms with van der Waals surface area (Å²) in [6, 6.07) is 7.09. The van der Waals surface area contributed by atoms with Crippen molar-refractivity contribution in [2.45, 2.75) is 6.92 Å². The Labute approximate surface area is 118 Å². The molecule has 4 heteroatoms. The molecule has 2 N–H and O–H groups in total. The lowest BCUT2D eigenvalue weighted by Gasteiger charge is -2.21. The van der Waals surface area contributed by atoms with Crippen molar-refractivity contribution in [3.05, 3.63) is 59.7 Å². The van der Waals surface area contributed by atoms with Crippen molar-refractivity contribution < 1.29 is 9.53 Å². The number of nitrogens with two attached hydrogens (primary N) is 1. The molecule has 0 saturated carbocycles. The van der Waals surface area contributed by atoms with Gasteiger partial charge >= 0.3 is 6.03 Å². The number of ether oxygens (including phenoxy) is 1. The molecule has 20 heavy (non-hydrogen) atoms. The molecule has 0 aliphatic carbocycles. The summed E-state index contributed by atoms with van der Waals surface area (Å²) in [6.45, 7) is 2.36. The van der Waals surface area contributed by atoms with Gasteiger partial charge < -0.3 is 10.5 Å². The molecule has 0 unspecified atom stereocenters. The van der Waals surface area contributed by atoms with Crippen LogP contribution in [0.2, 0.25) is 0 Å². The van der Waals surface area contributed by atoms with Gasteiger partial charge in [-0.1, -0.05) is 30.4 Å². The SMILES string of the molecule is C/C=C\C=C1\C=C(OC)c2ccccc2N(C(N)=O)C1. The molecule has 0 bridgehead atoms. The van der Waals surface area contributed by atoms with Gasteiger partial charge in [0, 0.05) is 5.56 Å². The number of primary amides is 1. The van der Waals surface area contributed by atoms with Crippen LogP contribution in [-0.4, -0.2) is 19.7 Å². The van der Waals surface area contributed by atoms with Gasteiger partial charge in [0.2, 0.25) is 0 Å². The Bertz CT molecular complexity index is 600. The quantitative estimate of drug-likeness (QED) is 0.897. The smallest absolute Gasteiger partial charge is 0.319 e. The Morgan fingerprint density at radius 3 is 2.80 bits per heavy atom. The maximum atomic E-state index is 11.7. The summed E-state index contributed by atoms with van der Waals surface area (Å²) in [5.41, 5.74) is 8.08. The molecule has 0 aromatic heterocycles. The first-order valence-electron chi connectivity index (χ1n) is 6.41. The molecule has 0 fully saturated rings. The fourth-order valence-electron chi connectivity index (χ4n) is 2.16. The van der Waals surface area contributed by atoms with E-state index < -0.39 is 6.03 Å². The predicted octanol–water partition coefficient (Wildman–Crippen LogP) is 3.08. The highest BCUT2D eigenvalue weighted by atomic mass is 16.5. The Morgan fingerprint density at radius 2 is 2.15 bits per heavy atom. The molecule has 1 heterocycles. The van der Waals surface area contributed by atoms with Crippen molar-refractivity contribution in [3.63, 3.8) is 0 Å². The second kappa shape index (κ2) is 6.10. The molecule has 2 rings (SSSR count). The maximum Gasteiger partial charge on any atom is 0.319 e. The number of allylic oxidation sites excluding steroid dienone is 3. The molecule has 0 atom stereocenters. The fraction of sp³-hybridized carbons (Fsp3) is 0.188. The van der Waals surface area contributed by atoms with E-state index in [0.29, 0.717) is 6.54 Å². The lowest BCUT2D eigenvalue weighted by Crippen LogP contribution is -2.37. The number of hydrogen-bond acceptors (Lipinski definition) is 2. The van der Waals surface area contributed by atoms with Crippen LogP contribution >= 0.6 is 0 Å². The van der Waals surface area contributed by atoms with Gasteiger partial charge in [-0.3, -0.25) is 4.90 Å². The van der Waals surface area contributed by atoms with E-state index >= 15 is 0 Å². The summed E-state index contributed by atoms with van der Waals surface area (Å²) >= 11 is 0. The average Bonchev–Trinajstić information content (AvgIpc) is 2.62. The number of para-hydroxylation sites is 1. The van der Waals surface area contributed by atoms with Crippen molar-refractivity contribution in [1.82, 2.24) is 0 Å². The van der Waals surface area contributed by atoms with Crippen LogP contribution in [0.25, 0.3) is 5.76 Å². The van der Waals surface area contributed by atoms with Gasteiger partial charge in [0.05, 0.1) is 19.3 Å². The number of fused-ring (bicyclic) bond motifs is 1. The highest BCUT2D eigenvalue weighted by Gasteiger charge is 2.22. The maximum absolute atomic E-state index is 11.7. The van der Waals surface area contributed by atoms with Crippen LogP contribution in [0.4, 0.5) is 10.5 Å². The largest absolute Gasteiger partial charge is 0.496 e. The summed E-state index contributed by atoms with van der Waals surface area (Å²) in [4.78, 5) is 13.3. The van der Waals surface area contributed by atoms with E-state index in [1.165, 1.54) is 0 Å². The zero-order chi connectivity index (χ0) is 14.5. The Kier molecular flexibility index (Phi) is 4.25. The second-order valence-electron chi connectivity index (χ2n) is 4.42. The van der Waals surface area contributed by atoms with Gasteiger partial charge in [0.1, 0.15) is 5.76 Å². The molecule has 1 aromatic rings. The van der Waals surface area contributed by atoms with Crippen LogP contribution in [0.1, 0.15) is 12.5 Å². The molecular weight excluding hydrogens is 252 g/mol. The monoisotopic (exact) mass is 270 g/mol. The predicted molar refractivity (Wildman–Crippen MR) is 81.3 cm³/mol. The second-order valence-corrected chi connectivity index (χ2v) is 4.42. The summed E-state index contributed by atoms with van der Waals surface area (Å²) in [7, 11) is 1.62. The van der Waals surface area contributed by atoms with Crippen LogP contribution in [0, 0.1) is 0 Å². The molecule has 0 radical (unpaired) electrons. The summed E-state index contributed by atoms with van der Waals surface area (Å²) in [5, 5.41) is 0. The minimum absolute atomic E-state index is 0.420. The Hall–Kier alpha value is -2.49. The van der Waals surface area contributed by atoms with E-state index in [0.717, 1.165) is 22.6 Å². The lowest BCUT2D eigenvalue weighted by molar-refractivity contribution is 0.254. The number of amides is 2. The number of carbonyl (C=O) groups is 1. The fourth-order valence-corrected chi connectivity index (χ4v) is 2.16. The number of anilines is 1. The molecule has 0 saturated heterocycles. The van der Waals surface area contributed by atoms with E-state index in [1.807, 2.05) is 55.5 Å². The normalized spacial score (nSPS) is 16.8. The highest BCUT2D eigenvalue weighted by Crippen LogP contribution is 2.32. The summed E-state index contributed by atoms with van der Waals surface area (Å²) in [6.07, 6.45) is 7.73. The zero-order valence-electron chi connectivity index (χ0n) is 11.7. The number of carbonyl (C=O) groups excluding carboxylic acids is 1. The summed E-state index contributed by atoms with van der Waals surface area (Å²) < 4.78 is 5.45. The third-order valence-electron chi connectivity index (χ3n) is 3.11. The molecule has 2 amide bonds. The minimum atomic E-state index is -0.477. The molecule has 0 spiro atoms. The first-order valence-corrected chi connectivity index (χ1v) is 6.41. The van der Waals surface area contributed by atoms with Crippen molar-refractivity contribution in [3.8, 4) is 0 Å². The zero-order valence-corrected chi connectivity index (χ0v) is 11.7. The molecule has 1 aliphatic heterocycles. The number of benzene rings is 1. The van der Waals surface area contributed by atoms with E-state index in [9.17, 15) is 4.79 Å². The van der Waals surface area contributed by atoms with Gasteiger partial charge in [-0.2, -0.15) is 0 Å². The molecule has 1 aliphatic rings. The van der Waals surface area contributed by atoms with Gasteiger partial charge in [-0.15, -0.1) is 0 Å². The standard InChI is InChI=1S/C16H18N2O2/c1-3-4-7-12-10-15(20-2)13-8-5-6-9-14(13)18(11-12)16(17)19/h3-10H,11H2,1-2H3,(H2,17,19)/b4-3-,12-7-. The van der Waals surface area contributed by atoms with Crippen molar-refractivity contribution >= 4 is 17.5 Å². The van der Waals surface area contributed by atoms with Gasteiger partial charge in [-0.05, 0) is 30.7 Å². The van der Waals surface area contributed by atoms with E-state index in [1.54, 1.807) is 12.0 Å². The average molecular weight is 270 g/mol. The lowest BCUT2D eigenvalue weighted by atomic mass is 10.1. The number of methoxy groups -OCH3 is 1. The van der Waals surface area contributed by atoms with Crippen molar-refractivity contribution in [1.29, 1.82) is 0 Å². The van der Waals surface area contributed by atoms with Gasteiger partial charge in [0.15, 0.2) is 0 Å². The first-order chi connectivity index (χ1) is 9.67. The van der Waals surface area contributed by atoms with Crippen molar-refractivity contribution in [2.24, 2.45) is 5.73 Å². The third-order valence-corrected chi connectivity index (χ3v) is 3.11. The van der Waals surface area contributed by atoms with E-state index in [2.05, 4.69) is 0 Å². The van der Waals surface area contributed by atoms with Crippen LogP contribution in [0.15, 0.2) is 54.1 Å². The summed E-state index contributed by atoms with van der Waals surface area (Å²) in [5.74, 6) is 0.722. The topological polar surface area (TPSA) is 55.6 Å². The van der Waals surface area contributed by atoms with Crippen molar-refractivity contribution in [2.75, 3.05) is 18.6 Å². The first kappa shape index (κ1) is 13.9. The van der Waals surface area contributed by atoms with Gasteiger partial charge in [-0.25, -0.2) is 4.79 Å². The Morgan fingerprint density at radius 1 is 1.40 bits per heavy atom. The van der Waals surface area contributed by atoms with Crippen LogP contribution < -0.4 is 10.6 Å². The molecule has 104 valence electrons. The van der Waals surface area contributed by atoms with E-state index in [4.69, 9.17) is 10.5 Å². The number of rotatable bonds is 2. The number of nitrogens with zero attached hydrogens (tertiary/aromatic N) is 1. The number of urea groups is 1. The molecular formula is C16H18N2O2. The number of hydrogen-bond donors (Lipinski definition) is 1. The van der Waals surface area contributed by atoms with E-state index in [-0.39, 0.29) is 0 Å². The van der Waals surface area contributed by atoms with Crippen LogP contribution in [0.5, 0.6) is 0 Å². The van der Waals surface area contributed by atoms with Gasteiger partial charge in [0.25, 0.3) is 0 Å². The highest BCUT2D eigenvalue weighted by molar-refractivity contribution is 5.95. The Balaban J connectivity index is 2.58. The molecule has 4 nitrogen and oxygen atoms in total. The third kappa shape index (κ3) is 2.74. The molecule has 1 aromatic carbocycles. The minimum Gasteiger partial charge on any atom is -0.496 e. The van der Waals surface area contributed by atoms with Crippen LogP contribution in [-0.2, 0) is 4.74 Å².